The van der Waals surface area contributed by atoms with Crippen LogP contribution in [0.1, 0.15) is 38.5 Å². The second kappa shape index (κ2) is 7.32. The van der Waals surface area contributed by atoms with Gasteiger partial charge in [0.15, 0.2) is 5.82 Å². The lowest BCUT2D eigenvalue weighted by molar-refractivity contribution is 0.225. The van der Waals surface area contributed by atoms with Gasteiger partial charge < -0.3 is 16.1 Å². The maximum atomic E-state index is 5.75. The summed E-state index contributed by atoms with van der Waals surface area (Å²) in [7, 11) is 0. The zero-order chi connectivity index (χ0) is 18.0. The van der Waals surface area contributed by atoms with Gasteiger partial charge in [0.25, 0.3) is 0 Å². The van der Waals surface area contributed by atoms with Crippen LogP contribution in [0.5, 0.6) is 0 Å². The van der Waals surface area contributed by atoms with E-state index < -0.39 is 0 Å². The second-order valence-electron chi connectivity index (χ2n) is 7.39. The molecule has 26 heavy (non-hydrogen) atoms. The molecule has 6 nitrogen and oxygen atoms in total. The molecule has 7 heteroatoms. The Bertz CT molecular complexity index is 747. The van der Waals surface area contributed by atoms with E-state index >= 15 is 0 Å². The molecule has 2 aromatic rings. The number of benzene rings is 1. The predicted molar refractivity (Wildman–Crippen MR) is 107 cm³/mol. The third-order valence-corrected chi connectivity index (χ3v) is 6.78. The van der Waals surface area contributed by atoms with Crippen molar-refractivity contribution in [2.45, 2.75) is 48.3 Å². The van der Waals surface area contributed by atoms with Gasteiger partial charge in [0.1, 0.15) is 0 Å². The van der Waals surface area contributed by atoms with Crippen LogP contribution in [0.4, 0.5) is 17.5 Å². The van der Waals surface area contributed by atoms with Gasteiger partial charge in [0, 0.05) is 29.9 Å². The fourth-order valence-corrected chi connectivity index (χ4v) is 4.99. The molecule has 0 atom stereocenters. The Morgan fingerprint density at radius 3 is 2.38 bits per heavy atom. The highest BCUT2D eigenvalue weighted by Crippen LogP contribution is 2.46. The summed E-state index contributed by atoms with van der Waals surface area (Å²) in [6.45, 7) is 2.07. The van der Waals surface area contributed by atoms with Gasteiger partial charge in [-0.25, -0.2) is 10.8 Å². The van der Waals surface area contributed by atoms with Crippen molar-refractivity contribution in [3.63, 3.8) is 0 Å². The lowest BCUT2D eigenvalue weighted by Crippen LogP contribution is -2.39. The number of nitrogen functional groups attached to an aromatic ring is 2. The van der Waals surface area contributed by atoms with Crippen LogP contribution in [-0.2, 0) is 0 Å². The Morgan fingerprint density at radius 1 is 1.04 bits per heavy atom. The van der Waals surface area contributed by atoms with Gasteiger partial charge in [0.05, 0.1) is 4.90 Å². The van der Waals surface area contributed by atoms with E-state index in [1.54, 1.807) is 11.8 Å². The Hall–Kier alpha value is -1.99. The molecule has 1 aromatic carbocycles. The van der Waals surface area contributed by atoms with E-state index in [1.807, 2.05) is 30.5 Å². The number of aromatic nitrogens is 2. The Balaban J connectivity index is 1.47. The van der Waals surface area contributed by atoms with Gasteiger partial charge in [-0.3, -0.25) is 0 Å². The molecule has 0 bridgehead atoms. The van der Waals surface area contributed by atoms with Gasteiger partial charge in [-0.15, -0.1) is 0 Å². The maximum absolute atomic E-state index is 5.75. The van der Waals surface area contributed by atoms with Crippen molar-refractivity contribution in [1.29, 1.82) is 0 Å². The molecule has 0 radical (unpaired) electrons. The summed E-state index contributed by atoms with van der Waals surface area (Å²) in [6.07, 6.45) is 9.96. The molecule has 1 saturated heterocycles. The van der Waals surface area contributed by atoms with E-state index in [9.17, 15) is 0 Å². The highest BCUT2D eigenvalue weighted by Gasteiger charge is 2.37. The number of nitrogens with zero attached hydrogens (tertiary/aromatic N) is 3. The minimum atomic E-state index is 0.594. The van der Waals surface area contributed by atoms with Crippen molar-refractivity contribution >= 4 is 29.2 Å². The van der Waals surface area contributed by atoms with E-state index in [-0.39, 0.29) is 0 Å². The molecule has 1 aliphatic carbocycles. The number of nitrogens with two attached hydrogens (primary N) is 2. The predicted octanol–water partition coefficient (Wildman–Crippen LogP) is 3.66. The number of rotatable bonds is 4. The standard InChI is InChI=1S/C19H26N6S/c20-14-3-5-15(6-4-14)26-16-13-22-18(23-17(16)24-21)25-11-9-19(10-12-25)7-1-2-8-19/h3-6,13H,1-2,7-12,20-21H2,(H,22,23,24). The average Bonchev–Trinajstić information content (AvgIpc) is 3.12. The van der Waals surface area contributed by atoms with E-state index in [0.29, 0.717) is 11.2 Å². The fourth-order valence-electron chi connectivity index (χ4n) is 4.16. The smallest absolute Gasteiger partial charge is 0.227 e. The average molecular weight is 371 g/mol. The summed E-state index contributed by atoms with van der Waals surface area (Å²) in [5.41, 5.74) is 9.83. The number of anilines is 3. The van der Waals surface area contributed by atoms with Crippen molar-refractivity contribution in [2.24, 2.45) is 11.3 Å². The van der Waals surface area contributed by atoms with Crippen LogP contribution in [0.3, 0.4) is 0 Å². The lowest BCUT2D eigenvalue weighted by Gasteiger charge is -2.39. The SMILES string of the molecule is NNc1nc(N2CCC3(CCCC3)CC2)ncc1Sc1ccc(N)cc1. The molecular weight excluding hydrogens is 344 g/mol. The van der Waals surface area contributed by atoms with Crippen LogP contribution in [-0.4, -0.2) is 23.1 Å². The summed E-state index contributed by atoms with van der Waals surface area (Å²) in [4.78, 5) is 13.6. The second-order valence-corrected chi connectivity index (χ2v) is 8.51. The van der Waals surface area contributed by atoms with Gasteiger partial charge in [0.2, 0.25) is 5.95 Å². The van der Waals surface area contributed by atoms with Gasteiger partial charge in [-0.2, -0.15) is 4.98 Å². The first-order valence-electron chi connectivity index (χ1n) is 9.29. The Morgan fingerprint density at radius 2 is 1.73 bits per heavy atom. The van der Waals surface area contributed by atoms with Gasteiger partial charge in [-0.05, 0) is 55.4 Å². The van der Waals surface area contributed by atoms with Crippen LogP contribution >= 0.6 is 11.8 Å². The first kappa shape index (κ1) is 17.4. The molecule has 2 heterocycles. The summed E-state index contributed by atoms with van der Waals surface area (Å²) < 4.78 is 0. The van der Waals surface area contributed by atoms with Gasteiger partial charge in [-0.1, -0.05) is 24.6 Å². The number of nitrogens with one attached hydrogen (secondary N) is 1. The first-order valence-corrected chi connectivity index (χ1v) is 10.1. The highest BCUT2D eigenvalue weighted by molar-refractivity contribution is 7.99. The first-order chi connectivity index (χ1) is 12.7. The van der Waals surface area contributed by atoms with Crippen molar-refractivity contribution in [3.8, 4) is 0 Å². The zero-order valence-corrected chi connectivity index (χ0v) is 15.8. The highest BCUT2D eigenvalue weighted by atomic mass is 32.2. The largest absolute Gasteiger partial charge is 0.399 e. The topological polar surface area (TPSA) is 93.1 Å². The number of piperidine rings is 1. The molecule has 2 aliphatic rings. The lowest BCUT2D eigenvalue weighted by atomic mass is 9.77. The van der Waals surface area contributed by atoms with Crippen molar-refractivity contribution in [3.05, 3.63) is 30.5 Å². The van der Waals surface area contributed by atoms with Crippen LogP contribution in [0.25, 0.3) is 0 Å². The summed E-state index contributed by atoms with van der Waals surface area (Å²) in [5.74, 6) is 7.16. The molecule has 5 N–H and O–H groups in total. The summed E-state index contributed by atoms with van der Waals surface area (Å²) in [6, 6.07) is 7.75. The molecule has 1 spiro atoms. The van der Waals surface area contributed by atoms with Crippen molar-refractivity contribution in [2.75, 3.05) is 29.1 Å². The minimum absolute atomic E-state index is 0.594. The molecular formula is C19H26N6S. The number of hydrazine groups is 1. The third-order valence-electron chi connectivity index (χ3n) is 5.76. The zero-order valence-electron chi connectivity index (χ0n) is 14.9. The Labute approximate surface area is 158 Å². The van der Waals surface area contributed by atoms with E-state index in [4.69, 9.17) is 11.6 Å². The molecule has 1 aromatic heterocycles. The van der Waals surface area contributed by atoms with Crippen LogP contribution in [0.2, 0.25) is 0 Å². The fraction of sp³-hybridized carbons (Fsp3) is 0.474. The number of hydrogen-bond acceptors (Lipinski definition) is 7. The van der Waals surface area contributed by atoms with E-state index in [1.165, 1.54) is 38.5 Å². The van der Waals surface area contributed by atoms with Gasteiger partial charge >= 0.3 is 0 Å². The Kier molecular flexibility index (Phi) is 4.91. The molecule has 1 saturated carbocycles. The molecule has 0 unspecified atom stereocenters. The summed E-state index contributed by atoms with van der Waals surface area (Å²) in [5, 5.41) is 0. The molecule has 2 fully saturated rings. The maximum Gasteiger partial charge on any atom is 0.227 e. The monoisotopic (exact) mass is 370 g/mol. The minimum Gasteiger partial charge on any atom is -0.399 e. The van der Waals surface area contributed by atoms with E-state index in [0.717, 1.165) is 34.5 Å². The van der Waals surface area contributed by atoms with Crippen LogP contribution in [0.15, 0.2) is 40.3 Å². The quantitative estimate of drug-likeness (QED) is 0.430. The molecule has 138 valence electrons. The van der Waals surface area contributed by atoms with Crippen LogP contribution < -0.4 is 21.9 Å². The molecule has 1 aliphatic heterocycles. The van der Waals surface area contributed by atoms with Crippen molar-refractivity contribution < 1.29 is 0 Å². The molecule has 4 rings (SSSR count). The number of hydrogen-bond donors (Lipinski definition) is 3. The summed E-state index contributed by atoms with van der Waals surface area (Å²) >= 11 is 1.58. The third kappa shape index (κ3) is 3.59. The normalized spacial score (nSPS) is 19.0. The van der Waals surface area contributed by atoms with E-state index in [2.05, 4.69) is 20.3 Å². The molecule has 0 amide bonds. The van der Waals surface area contributed by atoms with Crippen molar-refractivity contribution in [1.82, 2.24) is 9.97 Å². The van der Waals surface area contributed by atoms with Crippen LogP contribution in [0, 0.1) is 5.41 Å².